The number of aliphatic hydroxyl groups is 1. The summed E-state index contributed by atoms with van der Waals surface area (Å²) in [5.41, 5.74) is 1.35. The molecule has 1 aliphatic heterocycles. The van der Waals surface area contributed by atoms with E-state index < -0.39 is 17.5 Å². The first-order chi connectivity index (χ1) is 12.0. The van der Waals surface area contributed by atoms with Gasteiger partial charge in [0.25, 0.3) is 11.5 Å². The van der Waals surface area contributed by atoms with Gasteiger partial charge in [0.15, 0.2) is 0 Å². The average Bonchev–Trinajstić information content (AvgIpc) is 3.05. The summed E-state index contributed by atoms with van der Waals surface area (Å²) in [7, 11) is 0. The maximum atomic E-state index is 12.6. The molecule has 0 saturated carbocycles. The van der Waals surface area contributed by atoms with Gasteiger partial charge in [0.2, 0.25) is 11.6 Å². The topological polar surface area (TPSA) is 100 Å². The van der Waals surface area contributed by atoms with Crippen LogP contribution in [-0.2, 0) is 6.54 Å². The van der Waals surface area contributed by atoms with Crippen molar-refractivity contribution in [2.24, 2.45) is 0 Å². The first-order valence-corrected chi connectivity index (χ1v) is 8.28. The van der Waals surface area contributed by atoms with E-state index in [4.69, 9.17) is 0 Å². The number of carbonyl (C=O) groups is 1. The molecule has 8 nitrogen and oxygen atoms in total. The van der Waals surface area contributed by atoms with Crippen molar-refractivity contribution in [2.45, 2.75) is 32.9 Å². The lowest BCUT2D eigenvalue weighted by Crippen LogP contribution is -2.41. The maximum absolute atomic E-state index is 12.6. The Kier molecular flexibility index (Phi) is 4.80. The second-order valence-corrected chi connectivity index (χ2v) is 6.05. The number of rotatable bonds is 5. The Hall–Kier alpha value is -2.74. The van der Waals surface area contributed by atoms with Crippen LogP contribution in [0.25, 0.3) is 0 Å². The number of aryl methyl sites for hydroxylation is 1. The molecule has 0 saturated heterocycles. The Morgan fingerprint density at radius 1 is 1.28 bits per heavy atom. The molecule has 8 heteroatoms. The highest BCUT2D eigenvalue weighted by Gasteiger charge is 2.27. The molecule has 132 valence electrons. The molecule has 2 aromatic rings. The standard InChI is InChI=1S/C17H21N5O3/c1-3-12(10-23)18-15(24)14-16(25)22-9-8-21(17(22)20-19-14)13-6-4-11(2)5-7-13/h4-7,12,23H,3,8-10H2,1-2H3,(H,18,24)/t12-/m1/s1. The number of hydrogen-bond acceptors (Lipinski definition) is 6. The molecule has 1 aromatic carbocycles. The van der Waals surface area contributed by atoms with Crippen LogP contribution >= 0.6 is 0 Å². The predicted molar refractivity (Wildman–Crippen MR) is 93.1 cm³/mol. The van der Waals surface area contributed by atoms with Crippen LogP contribution in [0.1, 0.15) is 29.4 Å². The number of fused-ring (bicyclic) bond motifs is 1. The van der Waals surface area contributed by atoms with Gasteiger partial charge in [-0.2, -0.15) is 0 Å². The molecule has 2 heterocycles. The lowest BCUT2D eigenvalue weighted by molar-refractivity contribution is 0.0906. The SMILES string of the molecule is CC[C@H](CO)NC(=O)c1nnc2n(c1=O)CCN2c1ccc(C)cc1. The van der Waals surface area contributed by atoms with E-state index in [0.717, 1.165) is 11.3 Å². The molecule has 1 atom stereocenters. The number of hydrogen-bond donors (Lipinski definition) is 2. The molecule has 0 aliphatic carbocycles. The van der Waals surface area contributed by atoms with Crippen molar-refractivity contribution in [2.75, 3.05) is 18.1 Å². The molecule has 1 aliphatic rings. The number of nitrogens with one attached hydrogen (secondary N) is 1. The highest BCUT2D eigenvalue weighted by Crippen LogP contribution is 2.26. The lowest BCUT2D eigenvalue weighted by Gasteiger charge is -2.17. The summed E-state index contributed by atoms with van der Waals surface area (Å²) in [6.45, 7) is 4.68. The summed E-state index contributed by atoms with van der Waals surface area (Å²) < 4.78 is 1.46. The zero-order valence-electron chi connectivity index (χ0n) is 14.3. The van der Waals surface area contributed by atoms with E-state index in [2.05, 4.69) is 15.5 Å². The zero-order chi connectivity index (χ0) is 18.0. The highest BCUT2D eigenvalue weighted by atomic mass is 16.3. The van der Waals surface area contributed by atoms with Crippen molar-refractivity contribution in [3.8, 4) is 0 Å². The van der Waals surface area contributed by atoms with Crippen LogP contribution in [0.5, 0.6) is 0 Å². The Labute approximate surface area is 145 Å². The first kappa shape index (κ1) is 17.1. The van der Waals surface area contributed by atoms with E-state index >= 15 is 0 Å². The number of amides is 1. The summed E-state index contributed by atoms with van der Waals surface area (Å²) in [4.78, 5) is 26.7. The van der Waals surface area contributed by atoms with E-state index in [1.54, 1.807) is 0 Å². The van der Waals surface area contributed by atoms with Gasteiger partial charge < -0.3 is 15.3 Å². The van der Waals surface area contributed by atoms with Gasteiger partial charge in [0.1, 0.15) is 0 Å². The third-order valence-corrected chi connectivity index (χ3v) is 4.33. The molecule has 3 rings (SSSR count). The second kappa shape index (κ2) is 7.02. The van der Waals surface area contributed by atoms with Crippen molar-refractivity contribution in [1.82, 2.24) is 20.1 Å². The molecule has 0 radical (unpaired) electrons. The van der Waals surface area contributed by atoms with E-state index in [1.165, 1.54) is 4.57 Å². The van der Waals surface area contributed by atoms with Gasteiger partial charge in [-0.25, -0.2) is 0 Å². The van der Waals surface area contributed by atoms with Crippen LogP contribution in [0, 0.1) is 6.92 Å². The molecular formula is C17H21N5O3. The lowest BCUT2D eigenvalue weighted by atomic mass is 10.2. The number of aliphatic hydroxyl groups excluding tert-OH is 1. The third-order valence-electron chi connectivity index (χ3n) is 4.33. The van der Waals surface area contributed by atoms with Gasteiger partial charge in [-0.15, -0.1) is 10.2 Å². The van der Waals surface area contributed by atoms with Crippen molar-refractivity contribution >= 4 is 17.5 Å². The zero-order valence-corrected chi connectivity index (χ0v) is 14.3. The predicted octanol–water partition coefficient (Wildman–Crippen LogP) is 0.599. The van der Waals surface area contributed by atoms with Gasteiger partial charge in [0, 0.05) is 18.8 Å². The van der Waals surface area contributed by atoms with Crippen molar-refractivity contribution in [3.05, 3.63) is 45.9 Å². The van der Waals surface area contributed by atoms with Crippen molar-refractivity contribution in [3.63, 3.8) is 0 Å². The van der Waals surface area contributed by atoms with E-state index in [1.807, 2.05) is 43.0 Å². The van der Waals surface area contributed by atoms with Crippen LogP contribution < -0.4 is 15.8 Å². The quantitative estimate of drug-likeness (QED) is 0.824. The van der Waals surface area contributed by atoms with Gasteiger partial charge in [-0.1, -0.05) is 24.6 Å². The monoisotopic (exact) mass is 343 g/mol. The van der Waals surface area contributed by atoms with E-state index in [-0.39, 0.29) is 12.3 Å². The largest absolute Gasteiger partial charge is 0.394 e. The van der Waals surface area contributed by atoms with Gasteiger partial charge in [-0.05, 0) is 25.5 Å². The molecule has 1 aromatic heterocycles. The van der Waals surface area contributed by atoms with Crippen LogP contribution in [0.3, 0.4) is 0 Å². The van der Waals surface area contributed by atoms with Crippen LogP contribution in [0.2, 0.25) is 0 Å². The minimum Gasteiger partial charge on any atom is -0.394 e. The molecular weight excluding hydrogens is 322 g/mol. The Morgan fingerprint density at radius 2 is 2.00 bits per heavy atom. The Balaban J connectivity index is 1.90. The minimum atomic E-state index is -0.609. The van der Waals surface area contributed by atoms with Crippen LogP contribution in [-0.4, -0.2) is 45.0 Å². The molecule has 0 unspecified atom stereocenters. The average molecular weight is 343 g/mol. The van der Waals surface area contributed by atoms with Gasteiger partial charge in [-0.3, -0.25) is 14.2 Å². The van der Waals surface area contributed by atoms with E-state index in [9.17, 15) is 14.7 Å². The summed E-state index contributed by atoms with van der Waals surface area (Å²) in [5.74, 6) is -0.179. The summed E-state index contributed by atoms with van der Waals surface area (Å²) >= 11 is 0. The smallest absolute Gasteiger partial charge is 0.286 e. The summed E-state index contributed by atoms with van der Waals surface area (Å²) in [6.07, 6.45) is 0.559. The fourth-order valence-corrected chi connectivity index (χ4v) is 2.75. The first-order valence-electron chi connectivity index (χ1n) is 8.28. The Bertz CT molecular complexity index is 827. The van der Waals surface area contributed by atoms with E-state index in [0.29, 0.717) is 25.5 Å². The van der Waals surface area contributed by atoms with Crippen LogP contribution in [0.4, 0.5) is 11.6 Å². The number of anilines is 2. The fourth-order valence-electron chi connectivity index (χ4n) is 2.75. The van der Waals surface area contributed by atoms with Crippen LogP contribution in [0.15, 0.2) is 29.1 Å². The maximum Gasteiger partial charge on any atom is 0.286 e. The summed E-state index contributed by atoms with van der Waals surface area (Å²) in [6, 6.07) is 7.50. The number of nitrogens with zero attached hydrogens (tertiary/aromatic N) is 4. The minimum absolute atomic E-state index is 0.191. The highest BCUT2D eigenvalue weighted by molar-refractivity contribution is 5.92. The molecule has 2 N–H and O–H groups in total. The number of carbonyl (C=O) groups excluding carboxylic acids is 1. The molecule has 1 amide bonds. The molecule has 0 fully saturated rings. The number of benzene rings is 1. The Morgan fingerprint density at radius 3 is 2.64 bits per heavy atom. The number of aromatic nitrogens is 3. The van der Waals surface area contributed by atoms with Gasteiger partial charge in [0.05, 0.1) is 12.6 Å². The third kappa shape index (κ3) is 3.25. The van der Waals surface area contributed by atoms with Crippen molar-refractivity contribution < 1.29 is 9.90 Å². The normalized spacial score (nSPS) is 14.3. The van der Waals surface area contributed by atoms with Gasteiger partial charge >= 0.3 is 0 Å². The molecule has 0 bridgehead atoms. The second-order valence-electron chi connectivity index (χ2n) is 6.05. The molecule has 0 spiro atoms. The van der Waals surface area contributed by atoms with Crippen molar-refractivity contribution in [1.29, 1.82) is 0 Å². The summed E-state index contributed by atoms with van der Waals surface area (Å²) in [5, 5.41) is 19.7. The molecule has 25 heavy (non-hydrogen) atoms. The fraction of sp³-hybridized carbons (Fsp3) is 0.412.